The normalized spacial score (nSPS) is 14.7. The summed E-state index contributed by atoms with van der Waals surface area (Å²) >= 11 is 1.69. The number of benzene rings is 2. The van der Waals surface area contributed by atoms with Crippen molar-refractivity contribution < 1.29 is 9.53 Å². The van der Waals surface area contributed by atoms with Crippen molar-refractivity contribution in [2.24, 2.45) is 0 Å². The number of ether oxygens (including phenoxy) is 1. The molecule has 0 saturated carbocycles. The van der Waals surface area contributed by atoms with E-state index in [0.717, 1.165) is 54.8 Å². The highest BCUT2D eigenvalue weighted by Gasteiger charge is 2.17. The van der Waals surface area contributed by atoms with Crippen LogP contribution < -0.4 is 10.1 Å². The molecule has 6 rings (SSSR count). The van der Waals surface area contributed by atoms with E-state index in [2.05, 4.69) is 54.6 Å². The summed E-state index contributed by atoms with van der Waals surface area (Å²) in [4.78, 5) is 30.9. The van der Waals surface area contributed by atoms with Gasteiger partial charge in [-0.15, -0.1) is 11.3 Å². The molecule has 9 heteroatoms. The second-order valence-corrected chi connectivity index (χ2v) is 10.1. The number of hydrogen-bond acceptors (Lipinski definition) is 8. The Hall–Kier alpha value is -3.92. The highest BCUT2D eigenvalue weighted by Crippen LogP contribution is 2.38. The molecule has 1 aliphatic rings. The molecule has 0 bridgehead atoms. The summed E-state index contributed by atoms with van der Waals surface area (Å²) < 4.78 is 6.86. The third-order valence-electron chi connectivity index (χ3n) is 6.62. The number of piperazine rings is 1. The van der Waals surface area contributed by atoms with Gasteiger partial charge < -0.3 is 9.64 Å². The van der Waals surface area contributed by atoms with Gasteiger partial charge in [0.05, 0.1) is 0 Å². The third-order valence-corrected chi connectivity index (χ3v) is 7.58. The lowest BCUT2D eigenvalue weighted by atomic mass is 10.0. The number of anilines is 1. The van der Waals surface area contributed by atoms with Gasteiger partial charge in [-0.25, -0.2) is 14.8 Å². The molecule has 3 aromatic heterocycles. The maximum absolute atomic E-state index is 12.7. The average Bonchev–Trinajstić information content (AvgIpc) is 3.35. The molecular formula is C28H26N6O2S. The number of pyridine rings is 1. The molecule has 0 aliphatic carbocycles. The standard InChI is InChI=1S/C28H26N6O2S/c1-33-12-14-34(15-13-33)17-19-6-9-25(31-16-19)32-28(35)36-23-8-7-21(26-27(23)30-11-10-29-26)22-18-37-24-5-3-2-4-20(22)24/h2-11,16,18H,12-15,17H2,1H3,(H,31,32,35). The monoisotopic (exact) mass is 510 g/mol. The number of thiophene rings is 1. The quantitative estimate of drug-likeness (QED) is 0.345. The fourth-order valence-corrected chi connectivity index (χ4v) is 5.57. The lowest BCUT2D eigenvalue weighted by molar-refractivity contribution is 0.148. The maximum atomic E-state index is 12.7. The van der Waals surface area contributed by atoms with Gasteiger partial charge in [0, 0.05) is 72.5 Å². The number of likely N-dealkylation sites (N-methyl/N-ethyl adjacent to an activating group) is 1. The number of carbonyl (C=O) groups excluding carboxylic acids is 1. The van der Waals surface area contributed by atoms with Gasteiger partial charge in [0.15, 0.2) is 5.75 Å². The molecule has 0 unspecified atom stereocenters. The van der Waals surface area contributed by atoms with Crippen LogP contribution >= 0.6 is 11.3 Å². The van der Waals surface area contributed by atoms with Gasteiger partial charge >= 0.3 is 6.09 Å². The number of nitrogens with one attached hydrogen (secondary N) is 1. The van der Waals surface area contributed by atoms with E-state index in [9.17, 15) is 4.79 Å². The van der Waals surface area contributed by atoms with Gasteiger partial charge in [0.2, 0.25) is 0 Å². The summed E-state index contributed by atoms with van der Waals surface area (Å²) in [6.45, 7) is 5.08. The molecule has 37 heavy (non-hydrogen) atoms. The molecule has 1 N–H and O–H groups in total. The number of nitrogens with zero attached hydrogens (tertiary/aromatic N) is 5. The molecule has 4 heterocycles. The van der Waals surface area contributed by atoms with E-state index < -0.39 is 6.09 Å². The second-order valence-electron chi connectivity index (χ2n) is 9.16. The lowest BCUT2D eigenvalue weighted by Gasteiger charge is -2.32. The predicted molar refractivity (Wildman–Crippen MR) is 147 cm³/mol. The Labute approximate surface area is 218 Å². The minimum atomic E-state index is -0.625. The van der Waals surface area contributed by atoms with E-state index in [-0.39, 0.29) is 0 Å². The fourth-order valence-electron chi connectivity index (χ4n) is 4.60. The highest BCUT2D eigenvalue weighted by molar-refractivity contribution is 7.17. The zero-order valence-electron chi connectivity index (χ0n) is 20.4. The lowest BCUT2D eigenvalue weighted by Crippen LogP contribution is -2.43. The number of rotatable bonds is 5. The van der Waals surface area contributed by atoms with Crippen molar-refractivity contribution in [3.8, 4) is 16.9 Å². The van der Waals surface area contributed by atoms with E-state index in [1.165, 1.54) is 4.70 Å². The number of carbonyl (C=O) groups is 1. The molecule has 1 aliphatic heterocycles. The molecule has 0 atom stereocenters. The molecule has 5 aromatic rings. The Morgan fingerprint density at radius 1 is 0.946 bits per heavy atom. The van der Waals surface area contributed by atoms with Crippen molar-refractivity contribution in [1.29, 1.82) is 0 Å². The molecule has 1 saturated heterocycles. The predicted octanol–water partition coefficient (Wildman–Crippen LogP) is 5.26. The second kappa shape index (κ2) is 10.2. The van der Waals surface area contributed by atoms with E-state index in [4.69, 9.17) is 4.74 Å². The van der Waals surface area contributed by atoms with Crippen molar-refractivity contribution in [3.63, 3.8) is 0 Å². The number of fused-ring (bicyclic) bond motifs is 2. The summed E-state index contributed by atoms with van der Waals surface area (Å²) in [5, 5.41) is 6.00. The minimum Gasteiger partial charge on any atom is -0.408 e. The van der Waals surface area contributed by atoms with Gasteiger partial charge in [-0.1, -0.05) is 24.3 Å². The largest absolute Gasteiger partial charge is 0.418 e. The van der Waals surface area contributed by atoms with Gasteiger partial charge in [0.1, 0.15) is 16.9 Å². The van der Waals surface area contributed by atoms with Crippen LogP contribution in [0.2, 0.25) is 0 Å². The van der Waals surface area contributed by atoms with Crippen LogP contribution in [0.3, 0.4) is 0 Å². The molecule has 8 nitrogen and oxygen atoms in total. The molecule has 0 spiro atoms. The molecule has 0 radical (unpaired) electrons. The van der Waals surface area contributed by atoms with Gasteiger partial charge in [-0.2, -0.15) is 0 Å². The van der Waals surface area contributed by atoms with E-state index in [1.807, 2.05) is 24.3 Å². The van der Waals surface area contributed by atoms with Crippen molar-refractivity contribution in [2.75, 3.05) is 38.5 Å². The Morgan fingerprint density at radius 2 is 1.76 bits per heavy atom. The van der Waals surface area contributed by atoms with Crippen molar-refractivity contribution >= 4 is 44.4 Å². The van der Waals surface area contributed by atoms with Crippen LogP contribution in [0.15, 0.2) is 72.5 Å². The Bertz CT molecular complexity index is 1560. The van der Waals surface area contributed by atoms with Crippen LogP contribution in [0.1, 0.15) is 5.56 Å². The maximum Gasteiger partial charge on any atom is 0.418 e. The van der Waals surface area contributed by atoms with Crippen LogP contribution in [0.25, 0.3) is 32.2 Å². The number of aromatic nitrogens is 3. The Kier molecular flexibility index (Phi) is 6.48. The third kappa shape index (κ3) is 5.01. The van der Waals surface area contributed by atoms with Gasteiger partial charge in [-0.3, -0.25) is 15.2 Å². The van der Waals surface area contributed by atoms with Crippen LogP contribution in [0, 0.1) is 0 Å². The van der Waals surface area contributed by atoms with Gasteiger partial charge in [0.25, 0.3) is 0 Å². The SMILES string of the molecule is CN1CCN(Cc2ccc(NC(=O)Oc3ccc(-c4csc5ccccc45)c4nccnc34)nc2)CC1. The molecule has 1 fully saturated rings. The molecule has 186 valence electrons. The van der Waals surface area contributed by atoms with Crippen LogP contribution in [0.4, 0.5) is 10.6 Å². The van der Waals surface area contributed by atoms with E-state index in [1.54, 1.807) is 42.1 Å². The zero-order valence-corrected chi connectivity index (χ0v) is 21.2. The van der Waals surface area contributed by atoms with E-state index >= 15 is 0 Å². The van der Waals surface area contributed by atoms with Crippen LogP contribution in [-0.4, -0.2) is 64.1 Å². The summed E-state index contributed by atoms with van der Waals surface area (Å²) in [6, 6.07) is 15.8. The summed E-state index contributed by atoms with van der Waals surface area (Å²) in [5.74, 6) is 0.777. The van der Waals surface area contributed by atoms with Crippen LogP contribution in [-0.2, 0) is 6.54 Å². The number of amides is 1. The minimum absolute atomic E-state index is 0.343. The zero-order chi connectivity index (χ0) is 25.2. The van der Waals surface area contributed by atoms with Gasteiger partial charge in [-0.05, 0) is 42.3 Å². The summed E-state index contributed by atoms with van der Waals surface area (Å²) in [6.07, 6.45) is 4.43. The first kappa shape index (κ1) is 23.5. The average molecular weight is 511 g/mol. The first-order valence-corrected chi connectivity index (χ1v) is 13.1. The summed E-state index contributed by atoms with van der Waals surface area (Å²) in [7, 11) is 2.15. The Balaban J connectivity index is 1.17. The van der Waals surface area contributed by atoms with E-state index in [0.29, 0.717) is 22.6 Å². The number of hydrogen-bond donors (Lipinski definition) is 1. The first-order chi connectivity index (χ1) is 18.1. The van der Waals surface area contributed by atoms with Crippen LogP contribution in [0.5, 0.6) is 5.75 Å². The smallest absolute Gasteiger partial charge is 0.408 e. The van der Waals surface area contributed by atoms with Crippen molar-refractivity contribution in [1.82, 2.24) is 24.8 Å². The first-order valence-electron chi connectivity index (χ1n) is 12.2. The topological polar surface area (TPSA) is 83.5 Å². The summed E-state index contributed by atoms with van der Waals surface area (Å²) in [5.41, 5.74) is 4.36. The molecule has 1 amide bonds. The van der Waals surface area contributed by atoms with Crippen molar-refractivity contribution in [2.45, 2.75) is 6.54 Å². The van der Waals surface area contributed by atoms with Crippen molar-refractivity contribution in [3.05, 3.63) is 78.1 Å². The Morgan fingerprint density at radius 3 is 2.57 bits per heavy atom. The fraction of sp³-hybridized carbons (Fsp3) is 0.214. The highest BCUT2D eigenvalue weighted by atomic mass is 32.1. The molecule has 2 aromatic carbocycles. The molecular weight excluding hydrogens is 484 g/mol.